The van der Waals surface area contributed by atoms with E-state index in [0.717, 1.165) is 23.0 Å². The molecule has 1 fully saturated rings. The number of piperazine rings is 1. The van der Waals surface area contributed by atoms with Gasteiger partial charge in [0.05, 0.1) is 10.9 Å². The molecule has 1 aliphatic heterocycles. The largest absolute Gasteiger partial charge is 0.374 e. The number of hydrogen-bond donors (Lipinski definition) is 3. The van der Waals surface area contributed by atoms with E-state index in [2.05, 4.69) is 30.4 Å². The number of nitrogen functional groups attached to an aromatic ring is 1. The molecule has 2 aromatic heterocycles. The molecule has 0 saturated carbocycles. The van der Waals surface area contributed by atoms with Gasteiger partial charge in [0.25, 0.3) is 16.7 Å². The summed E-state index contributed by atoms with van der Waals surface area (Å²) in [7, 11) is 0. The topological polar surface area (TPSA) is 150 Å². The lowest BCUT2D eigenvalue weighted by Crippen LogP contribution is -2.47. The van der Waals surface area contributed by atoms with Gasteiger partial charge in [0, 0.05) is 50.2 Å². The number of thioether (sulfide) groups is 1. The Bertz CT molecular complexity index is 1480. The highest BCUT2D eigenvalue weighted by atomic mass is 32.2. The third-order valence-electron chi connectivity index (χ3n) is 5.69. The number of amides is 2. The third-order valence-corrected chi connectivity index (χ3v) is 7.43. The van der Waals surface area contributed by atoms with Crippen molar-refractivity contribution < 1.29 is 9.59 Å². The quantitative estimate of drug-likeness (QED) is 0.336. The molecule has 184 valence electrons. The summed E-state index contributed by atoms with van der Waals surface area (Å²) in [5, 5.41) is 11.2. The first-order chi connectivity index (χ1) is 17.5. The number of carbonyl (C=O) groups is 2. The van der Waals surface area contributed by atoms with E-state index in [4.69, 9.17) is 5.73 Å². The molecule has 13 heteroatoms. The molecule has 0 atom stereocenters. The van der Waals surface area contributed by atoms with Crippen molar-refractivity contribution in [1.82, 2.24) is 30.4 Å². The maximum absolute atomic E-state index is 12.6. The maximum atomic E-state index is 12.6. The van der Waals surface area contributed by atoms with E-state index in [1.807, 2.05) is 24.3 Å². The molecular weight excluding hydrogens is 500 g/mol. The number of anilines is 2. The Morgan fingerprint density at radius 3 is 2.67 bits per heavy atom. The molecule has 0 radical (unpaired) electrons. The SMILES string of the molecule is Nc1nnc(SC(=O)N2CCN(c3cccc(CNC(=O)c4nc5ccccc5c(=O)[nH]4)c3)CC2)s1. The summed E-state index contributed by atoms with van der Waals surface area (Å²) in [5.41, 5.74) is 7.62. The highest BCUT2D eigenvalue weighted by Gasteiger charge is 2.23. The molecule has 36 heavy (non-hydrogen) atoms. The van der Waals surface area contributed by atoms with Crippen LogP contribution in [0.15, 0.2) is 57.7 Å². The van der Waals surface area contributed by atoms with Crippen LogP contribution >= 0.6 is 23.1 Å². The lowest BCUT2D eigenvalue weighted by Gasteiger charge is -2.35. The van der Waals surface area contributed by atoms with Crippen molar-refractivity contribution in [3.8, 4) is 0 Å². The van der Waals surface area contributed by atoms with E-state index in [9.17, 15) is 14.4 Å². The fourth-order valence-electron chi connectivity index (χ4n) is 3.87. The predicted molar refractivity (Wildman–Crippen MR) is 139 cm³/mol. The molecule has 1 saturated heterocycles. The summed E-state index contributed by atoms with van der Waals surface area (Å²) < 4.78 is 0.539. The molecule has 2 aromatic carbocycles. The van der Waals surface area contributed by atoms with Crippen LogP contribution in [0.25, 0.3) is 10.9 Å². The number of rotatable bonds is 5. The number of aromatic amines is 1. The van der Waals surface area contributed by atoms with Crippen LogP contribution in [0.4, 0.5) is 15.6 Å². The molecule has 0 aliphatic carbocycles. The number of fused-ring (bicyclic) bond motifs is 1. The number of benzene rings is 2. The summed E-state index contributed by atoms with van der Waals surface area (Å²) in [6.45, 7) is 2.82. The van der Waals surface area contributed by atoms with E-state index in [-0.39, 0.29) is 23.2 Å². The Hall–Kier alpha value is -3.97. The lowest BCUT2D eigenvalue weighted by molar-refractivity contribution is 0.0940. The Balaban J connectivity index is 1.17. The zero-order chi connectivity index (χ0) is 25.1. The molecule has 3 heterocycles. The van der Waals surface area contributed by atoms with Crippen LogP contribution in [0.1, 0.15) is 16.2 Å². The molecule has 5 rings (SSSR count). The van der Waals surface area contributed by atoms with Gasteiger partial charge in [-0.25, -0.2) is 4.98 Å². The van der Waals surface area contributed by atoms with Gasteiger partial charge in [0.15, 0.2) is 10.2 Å². The second-order valence-corrected chi connectivity index (χ2v) is 10.2. The van der Waals surface area contributed by atoms with E-state index >= 15 is 0 Å². The van der Waals surface area contributed by atoms with Crippen molar-refractivity contribution in [2.75, 3.05) is 36.8 Å². The van der Waals surface area contributed by atoms with Crippen LogP contribution in [-0.2, 0) is 6.54 Å². The first-order valence-corrected chi connectivity index (χ1v) is 12.8. The first-order valence-electron chi connectivity index (χ1n) is 11.1. The predicted octanol–water partition coefficient (Wildman–Crippen LogP) is 2.32. The summed E-state index contributed by atoms with van der Waals surface area (Å²) in [4.78, 5) is 48.2. The van der Waals surface area contributed by atoms with Gasteiger partial charge in [-0.05, 0) is 29.8 Å². The van der Waals surface area contributed by atoms with Gasteiger partial charge in [-0.1, -0.05) is 35.6 Å². The first kappa shape index (κ1) is 23.8. The number of nitrogens with one attached hydrogen (secondary N) is 2. The van der Waals surface area contributed by atoms with Gasteiger partial charge in [0.1, 0.15) is 0 Å². The van der Waals surface area contributed by atoms with Gasteiger partial charge in [0.2, 0.25) is 5.13 Å². The third kappa shape index (κ3) is 5.31. The minimum absolute atomic E-state index is 0.0234. The van der Waals surface area contributed by atoms with Crippen LogP contribution < -0.4 is 21.5 Å². The molecule has 4 N–H and O–H groups in total. The zero-order valence-electron chi connectivity index (χ0n) is 19.0. The molecule has 0 unspecified atom stereocenters. The van der Waals surface area contributed by atoms with Crippen molar-refractivity contribution in [2.24, 2.45) is 0 Å². The molecule has 2 amide bonds. The summed E-state index contributed by atoms with van der Waals surface area (Å²) in [6.07, 6.45) is 0. The van der Waals surface area contributed by atoms with Crippen LogP contribution in [0.2, 0.25) is 0 Å². The maximum Gasteiger partial charge on any atom is 0.288 e. The Labute approximate surface area is 213 Å². The van der Waals surface area contributed by atoms with Gasteiger partial charge < -0.3 is 25.8 Å². The van der Waals surface area contributed by atoms with Crippen LogP contribution in [0.5, 0.6) is 0 Å². The van der Waals surface area contributed by atoms with E-state index < -0.39 is 5.91 Å². The fourth-order valence-corrected chi connectivity index (χ4v) is 5.39. The normalized spacial score (nSPS) is 13.7. The molecule has 11 nitrogen and oxygen atoms in total. The smallest absolute Gasteiger partial charge is 0.288 e. The summed E-state index contributed by atoms with van der Waals surface area (Å²) in [6, 6.07) is 14.7. The number of nitrogens with two attached hydrogens (primary N) is 1. The average Bonchev–Trinajstić information content (AvgIpc) is 3.31. The van der Waals surface area contributed by atoms with Crippen LogP contribution in [-0.4, -0.2) is 62.4 Å². The monoisotopic (exact) mass is 522 g/mol. The number of carbonyl (C=O) groups excluding carboxylic acids is 2. The van der Waals surface area contributed by atoms with E-state index in [1.165, 1.54) is 11.3 Å². The zero-order valence-corrected chi connectivity index (χ0v) is 20.6. The van der Waals surface area contributed by atoms with Crippen molar-refractivity contribution in [1.29, 1.82) is 0 Å². The van der Waals surface area contributed by atoms with E-state index in [0.29, 0.717) is 46.6 Å². The standard InChI is InChI=1S/C23H22N8O3S2/c24-21-28-29-22(35-21)36-23(34)31-10-8-30(9-11-31)15-5-3-4-14(12-15)13-25-20(33)18-26-17-7-2-1-6-16(17)19(32)27-18/h1-7,12H,8-11,13H2,(H2,24,28)(H,25,33)(H,26,27,32). The highest BCUT2D eigenvalue weighted by molar-refractivity contribution is 8.14. The number of nitrogens with zero attached hydrogens (tertiary/aromatic N) is 5. The number of hydrogen-bond acceptors (Lipinski definition) is 10. The van der Waals surface area contributed by atoms with Crippen molar-refractivity contribution in [3.63, 3.8) is 0 Å². The minimum Gasteiger partial charge on any atom is -0.374 e. The number of aromatic nitrogens is 4. The van der Waals surface area contributed by atoms with Crippen molar-refractivity contribution in [2.45, 2.75) is 10.9 Å². The molecule has 0 spiro atoms. The molecule has 1 aliphatic rings. The van der Waals surface area contributed by atoms with Gasteiger partial charge in [-0.2, -0.15) is 0 Å². The summed E-state index contributed by atoms with van der Waals surface area (Å²) >= 11 is 2.24. The molecule has 4 aromatic rings. The van der Waals surface area contributed by atoms with Gasteiger partial charge in [-0.15, -0.1) is 10.2 Å². The van der Waals surface area contributed by atoms with Gasteiger partial charge >= 0.3 is 0 Å². The van der Waals surface area contributed by atoms with Gasteiger partial charge in [-0.3, -0.25) is 14.4 Å². The Morgan fingerprint density at radius 2 is 1.89 bits per heavy atom. The minimum atomic E-state index is -0.454. The number of H-pyrrole nitrogens is 1. The van der Waals surface area contributed by atoms with Crippen LogP contribution in [0.3, 0.4) is 0 Å². The van der Waals surface area contributed by atoms with Crippen LogP contribution in [0, 0.1) is 0 Å². The molecular formula is C23H22N8O3S2. The second kappa shape index (κ2) is 10.3. The second-order valence-electron chi connectivity index (χ2n) is 8.03. The highest BCUT2D eigenvalue weighted by Crippen LogP contribution is 2.27. The summed E-state index contributed by atoms with van der Waals surface area (Å²) in [5.74, 6) is -0.477. The fraction of sp³-hybridized carbons (Fsp3) is 0.217. The number of para-hydroxylation sites is 1. The Kier molecular flexibility index (Phi) is 6.82. The van der Waals surface area contributed by atoms with Crippen molar-refractivity contribution >= 4 is 56.0 Å². The Morgan fingerprint density at radius 1 is 1.08 bits per heavy atom. The molecule has 0 bridgehead atoms. The van der Waals surface area contributed by atoms with E-state index in [1.54, 1.807) is 29.2 Å². The van der Waals surface area contributed by atoms with Crippen molar-refractivity contribution in [3.05, 3.63) is 70.3 Å². The lowest BCUT2D eigenvalue weighted by atomic mass is 10.1. The average molecular weight is 523 g/mol.